The van der Waals surface area contributed by atoms with Crippen LogP contribution in [0.15, 0.2) is 34.4 Å². The van der Waals surface area contributed by atoms with Gasteiger partial charge in [-0.05, 0) is 35.9 Å². The lowest BCUT2D eigenvalue weighted by molar-refractivity contribution is -0.143. The number of rotatable bonds is 6. The third-order valence-electron chi connectivity index (χ3n) is 3.86. The molecule has 0 spiro atoms. The molecule has 0 aliphatic carbocycles. The Bertz CT molecular complexity index is 1070. The van der Waals surface area contributed by atoms with E-state index in [2.05, 4.69) is 30.5 Å². The largest absolute Gasteiger partial charge is 0.416 e. The van der Waals surface area contributed by atoms with E-state index in [-0.39, 0.29) is 28.1 Å². The number of halogens is 7. The summed E-state index contributed by atoms with van der Waals surface area (Å²) in [5, 5.41) is 9.70. The first kappa shape index (κ1) is 24.1. The molecule has 1 aromatic carbocycles. The minimum absolute atomic E-state index is 0.0237. The van der Waals surface area contributed by atoms with Gasteiger partial charge in [-0.15, -0.1) is 5.10 Å². The maximum absolute atomic E-state index is 13.1. The summed E-state index contributed by atoms with van der Waals surface area (Å²) in [6, 6.07) is 2.61. The zero-order valence-corrected chi connectivity index (χ0v) is 18.0. The topological polar surface area (TPSA) is 79.4 Å². The number of aromatic nitrogens is 5. The van der Waals surface area contributed by atoms with Crippen molar-refractivity contribution in [2.45, 2.75) is 36.4 Å². The molecule has 0 aliphatic rings. The standard InChI is InChI=1S/C18H15ClF6N6S/c1-8(2)7-26-15-27-12(19)6-13(28-15)32-16-29-14(30-31-16)9-3-10(17(20,21)22)5-11(4-9)18(23,24)25/h3-6,8H,7H2,1-2H3,(H,26,27,28)(H,29,30,31). The molecule has 0 aliphatic heterocycles. The molecule has 0 unspecified atom stereocenters. The van der Waals surface area contributed by atoms with Crippen molar-refractivity contribution in [2.24, 2.45) is 5.92 Å². The van der Waals surface area contributed by atoms with Crippen LogP contribution in [0, 0.1) is 5.92 Å². The van der Waals surface area contributed by atoms with Crippen LogP contribution in [0.3, 0.4) is 0 Å². The molecule has 32 heavy (non-hydrogen) atoms. The molecule has 0 bridgehead atoms. The summed E-state index contributed by atoms with van der Waals surface area (Å²) >= 11 is 6.90. The number of nitrogens with zero attached hydrogens (tertiary/aromatic N) is 4. The monoisotopic (exact) mass is 496 g/mol. The minimum Gasteiger partial charge on any atom is -0.354 e. The average molecular weight is 497 g/mol. The fraction of sp³-hybridized carbons (Fsp3) is 0.333. The molecule has 0 atom stereocenters. The molecule has 0 saturated carbocycles. The lowest BCUT2D eigenvalue weighted by atomic mass is 10.0. The van der Waals surface area contributed by atoms with Crippen LogP contribution < -0.4 is 5.32 Å². The van der Waals surface area contributed by atoms with Gasteiger partial charge in [-0.25, -0.2) is 15.0 Å². The Morgan fingerprint density at radius 2 is 1.59 bits per heavy atom. The lowest BCUT2D eigenvalue weighted by Crippen LogP contribution is -2.11. The quantitative estimate of drug-likeness (QED) is 0.314. The van der Waals surface area contributed by atoms with Gasteiger partial charge in [0.05, 0.1) is 11.1 Å². The highest BCUT2D eigenvalue weighted by atomic mass is 35.5. The molecule has 0 saturated heterocycles. The summed E-state index contributed by atoms with van der Waals surface area (Å²) in [7, 11) is 0. The maximum Gasteiger partial charge on any atom is 0.416 e. The third kappa shape index (κ3) is 6.25. The molecular formula is C18H15ClF6N6S. The molecule has 2 aromatic heterocycles. The molecule has 6 nitrogen and oxygen atoms in total. The van der Waals surface area contributed by atoms with E-state index >= 15 is 0 Å². The Labute approximate surface area is 187 Å². The predicted octanol–water partition coefficient (Wildman–Crippen LogP) is 6.17. The fourth-order valence-corrected chi connectivity index (χ4v) is 3.40. The van der Waals surface area contributed by atoms with Gasteiger partial charge in [0.25, 0.3) is 0 Å². The molecular weight excluding hydrogens is 482 g/mol. The molecule has 3 aromatic rings. The lowest BCUT2D eigenvalue weighted by Gasteiger charge is -2.13. The minimum atomic E-state index is -4.97. The van der Waals surface area contributed by atoms with Gasteiger partial charge in [-0.3, -0.25) is 5.10 Å². The first-order chi connectivity index (χ1) is 14.8. The molecule has 0 fully saturated rings. The summed E-state index contributed by atoms with van der Waals surface area (Å²) in [4.78, 5) is 12.3. The summed E-state index contributed by atoms with van der Waals surface area (Å²) in [6.45, 7) is 4.56. The number of aromatic amines is 1. The Morgan fingerprint density at radius 3 is 2.16 bits per heavy atom. The maximum atomic E-state index is 13.1. The number of alkyl halides is 6. The molecule has 0 amide bonds. The zero-order chi connectivity index (χ0) is 23.7. The third-order valence-corrected chi connectivity index (χ3v) is 4.84. The number of nitrogens with one attached hydrogen (secondary N) is 2. The highest BCUT2D eigenvalue weighted by molar-refractivity contribution is 7.99. The Morgan fingerprint density at radius 1 is 0.969 bits per heavy atom. The van der Waals surface area contributed by atoms with E-state index in [0.717, 1.165) is 11.8 Å². The fourth-order valence-electron chi connectivity index (χ4n) is 2.43. The SMILES string of the molecule is CC(C)CNc1nc(Cl)cc(Sc2n[nH]c(-c3cc(C(F)(F)F)cc(C(F)(F)F)c3)n2)n1. The van der Waals surface area contributed by atoms with Gasteiger partial charge in [-0.1, -0.05) is 25.4 Å². The average Bonchev–Trinajstić information content (AvgIpc) is 3.12. The number of hydrogen-bond acceptors (Lipinski definition) is 6. The summed E-state index contributed by atoms with van der Waals surface area (Å²) < 4.78 is 78.5. The van der Waals surface area contributed by atoms with Gasteiger partial charge in [-0.2, -0.15) is 26.3 Å². The van der Waals surface area contributed by atoms with Crippen LogP contribution in [0.4, 0.5) is 32.3 Å². The van der Waals surface area contributed by atoms with Gasteiger partial charge in [0.2, 0.25) is 11.1 Å². The zero-order valence-electron chi connectivity index (χ0n) is 16.4. The number of benzene rings is 1. The number of hydrogen-bond donors (Lipinski definition) is 2. The van der Waals surface area contributed by atoms with E-state index in [9.17, 15) is 26.3 Å². The summed E-state index contributed by atoms with van der Waals surface area (Å²) in [5.74, 6) is 0.317. The van der Waals surface area contributed by atoms with Crippen molar-refractivity contribution in [1.82, 2.24) is 25.1 Å². The second kappa shape index (κ2) is 9.14. The van der Waals surface area contributed by atoms with Crippen LogP contribution in [0.25, 0.3) is 11.4 Å². The van der Waals surface area contributed by atoms with E-state index in [4.69, 9.17) is 11.6 Å². The van der Waals surface area contributed by atoms with Gasteiger partial charge in [0, 0.05) is 18.2 Å². The number of anilines is 1. The van der Waals surface area contributed by atoms with Crippen molar-refractivity contribution in [1.29, 1.82) is 0 Å². The smallest absolute Gasteiger partial charge is 0.354 e. The van der Waals surface area contributed by atoms with Crippen LogP contribution in [-0.2, 0) is 12.4 Å². The van der Waals surface area contributed by atoms with Gasteiger partial charge >= 0.3 is 12.4 Å². The van der Waals surface area contributed by atoms with Crippen LogP contribution in [-0.4, -0.2) is 31.7 Å². The molecule has 0 radical (unpaired) electrons. The van der Waals surface area contributed by atoms with Crippen LogP contribution >= 0.6 is 23.4 Å². The molecule has 2 heterocycles. The second-order valence-electron chi connectivity index (χ2n) is 6.99. The second-order valence-corrected chi connectivity index (χ2v) is 8.37. The number of H-pyrrole nitrogens is 1. The van der Waals surface area contributed by atoms with Gasteiger partial charge in [0.15, 0.2) is 5.82 Å². The highest BCUT2D eigenvalue weighted by Crippen LogP contribution is 2.38. The van der Waals surface area contributed by atoms with Crippen molar-refractivity contribution in [3.8, 4) is 11.4 Å². The van der Waals surface area contributed by atoms with E-state index in [1.54, 1.807) is 0 Å². The van der Waals surface area contributed by atoms with E-state index in [1.807, 2.05) is 13.8 Å². The Balaban J connectivity index is 1.89. The Hall–Kier alpha value is -2.54. The predicted molar refractivity (Wildman–Crippen MR) is 106 cm³/mol. The van der Waals surface area contributed by atoms with E-state index in [0.29, 0.717) is 29.6 Å². The van der Waals surface area contributed by atoms with E-state index in [1.165, 1.54) is 6.07 Å². The first-order valence-electron chi connectivity index (χ1n) is 9.00. The van der Waals surface area contributed by atoms with Crippen molar-refractivity contribution in [2.75, 3.05) is 11.9 Å². The van der Waals surface area contributed by atoms with Crippen molar-refractivity contribution in [3.63, 3.8) is 0 Å². The van der Waals surface area contributed by atoms with Crippen LogP contribution in [0.2, 0.25) is 5.15 Å². The Kier molecular flexibility index (Phi) is 6.89. The molecule has 14 heteroatoms. The van der Waals surface area contributed by atoms with Gasteiger partial charge < -0.3 is 5.32 Å². The van der Waals surface area contributed by atoms with Crippen molar-refractivity contribution < 1.29 is 26.3 Å². The molecule has 172 valence electrons. The first-order valence-corrected chi connectivity index (χ1v) is 10.2. The summed E-state index contributed by atoms with van der Waals surface area (Å²) in [6.07, 6.45) is -9.94. The highest BCUT2D eigenvalue weighted by Gasteiger charge is 2.37. The van der Waals surface area contributed by atoms with Crippen LogP contribution in [0.5, 0.6) is 0 Å². The molecule has 2 N–H and O–H groups in total. The normalized spacial score (nSPS) is 12.4. The van der Waals surface area contributed by atoms with Crippen molar-refractivity contribution in [3.05, 3.63) is 40.5 Å². The van der Waals surface area contributed by atoms with Crippen LogP contribution in [0.1, 0.15) is 25.0 Å². The molecule has 3 rings (SSSR count). The van der Waals surface area contributed by atoms with E-state index < -0.39 is 29.0 Å². The summed E-state index contributed by atoms with van der Waals surface area (Å²) in [5.41, 5.74) is -3.31. The van der Waals surface area contributed by atoms with Crippen molar-refractivity contribution >= 4 is 29.3 Å². The van der Waals surface area contributed by atoms with Gasteiger partial charge in [0.1, 0.15) is 10.2 Å².